The molecular weight excluding hydrogens is 244 g/mol. The summed E-state index contributed by atoms with van der Waals surface area (Å²) in [7, 11) is 2.18. The fourth-order valence-corrected chi connectivity index (χ4v) is 2.47. The SMILES string of the molecule is CCCCc1ccccc1CN(C)Cc1ccncc1. The van der Waals surface area contributed by atoms with Crippen LogP contribution in [-0.2, 0) is 19.5 Å². The highest BCUT2D eigenvalue weighted by atomic mass is 15.1. The van der Waals surface area contributed by atoms with Gasteiger partial charge in [0.25, 0.3) is 0 Å². The van der Waals surface area contributed by atoms with Gasteiger partial charge in [-0.1, -0.05) is 37.6 Å². The van der Waals surface area contributed by atoms with Gasteiger partial charge in [-0.15, -0.1) is 0 Å². The Balaban J connectivity index is 1.98. The topological polar surface area (TPSA) is 16.1 Å². The van der Waals surface area contributed by atoms with Crippen molar-refractivity contribution in [2.24, 2.45) is 0 Å². The van der Waals surface area contributed by atoms with E-state index in [9.17, 15) is 0 Å². The predicted molar refractivity (Wildman–Crippen MR) is 84.5 cm³/mol. The van der Waals surface area contributed by atoms with Crippen LogP contribution in [0, 0.1) is 0 Å². The fraction of sp³-hybridized carbons (Fsp3) is 0.389. The number of unbranched alkanes of at least 4 members (excludes halogenated alkanes) is 1. The molecule has 2 nitrogen and oxygen atoms in total. The summed E-state index contributed by atoms with van der Waals surface area (Å²) in [4.78, 5) is 6.43. The van der Waals surface area contributed by atoms with E-state index in [1.165, 1.54) is 36.0 Å². The zero-order valence-corrected chi connectivity index (χ0v) is 12.5. The summed E-state index contributed by atoms with van der Waals surface area (Å²) in [5.41, 5.74) is 4.27. The molecule has 0 saturated heterocycles. The Kier molecular flexibility index (Phi) is 5.75. The number of nitrogens with zero attached hydrogens (tertiary/aromatic N) is 2. The Hall–Kier alpha value is -1.67. The van der Waals surface area contributed by atoms with Gasteiger partial charge in [-0.2, -0.15) is 0 Å². The van der Waals surface area contributed by atoms with E-state index in [1.54, 1.807) is 0 Å². The Morgan fingerprint density at radius 1 is 0.950 bits per heavy atom. The van der Waals surface area contributed by atoms with Gasteiger partial charge in [0.2, 0.25) is 0 Å². The van der Waals surface area contributed by atoms with Gasteiger partial charge in [0.15, 0.2) is 0 Å². The third kappa shape index (κ3) is 4.46. The van der Waals surface area contributed by atoms with Crippen LogP contribution < -0.4 is 0 Å². The van der Waals surface area contributed by atoms with Crippen LogP contribution in [0.4, 0.5) is 0 Å². The molecule has 0 radical (unpaired) electrons. The van der Waals surface area contributed by atoms with Crippen molar-refractivity contribution in [1.29, 1.82) is 0 Å². The Labute approximate surface area is 122 Å². The Morgan fingerprint density at radius 3 is 2.35 bits per heavy atom. The van der Waals surface area contributed by atoms with Crippen LogP contribution in [0.3, 0.4) is 0 Å². The Bertz CT molecular complexity index is 508. The van der Waals surface area contributed by atoms with Crippen LogP contribution in [-0.4, -0.2) is 16.9 Å². The first-order chi connectivity index (χ1) is 9.79. The van der Waals surface area contributed by atoms with Crippen molar-refractivity contribution in [1.82, 2.24) is 9.88 Å². The molecule has 20 heavy (non-hydrogen) atoms. The number of aromatic nitrogens is 1. The summed E-state index contributed by atoms with van der Waals surface area (Å²) in [5.74, 6) is 0. The molecule has 2 aromatic rings. The maximum atomic E-state index is 4.07. The molecule has 0 amide bonds. The molecule has 0 saturated carbocycles. The van der Waals surface area contributed by atoms with E-state index in [-0.39, 0.29) is 0 Å². The van der Waals surface area contributed by atoms with E-state index >= 15 is 0 Å². The number of hydrogen-bond acceptors (Lipinski definition) is 2. The molecule has 0 aliphatic heterocycles. The first-order valence-electron chi connectivity index (χ1n) is 7.44. The number of pyridine rings is 1. The summed E-state index contributed by atoms with van der Waals surface area (Å²) >= 11 is 0. The van der Waals surface area contributed by atoms with Gasteiger partial charge < -0.3 is 0 Å². The van der Waals surface area contributed by atoms with Gasteiger partial charge >= 0.3 is 0 Å². The molecule has 0 fully saturated rings. The largest absolute Gasteiger partial charge is 0.298 e. The third-order valence-electron chi connectivity index (χ3n) is 3.56. The number of rotatable bonds is 7. The molecule has 1 aromatic heterocycles. The van der Waals surface area contributed by atoms with E-state index in [4.69, 9.17) is 0 Å². The van der Waals surface area contributed by atoms with Crippen LogP contribution in [0.15, 0.2) is 48.8 Å². The molecule has 0 unspecified atom stereocenters. The van der Waals surface area contributed by atoms with Crippen LogP contribution in [0.5, 0.6) is 0 Å². The highest BCUT2D eigenvalue weighted by molar-refractivity contribution is 5.27. The monoisotopic (exact) mass is 268 g/mol. The summed E-state index contributed by atoms with van der Waals surface area (Å²) in [5, 5.41) is 0. The van der Waals surface area contributed by atoms with Crippen molar-refractivity contribution in [3.05, 3.63) is 65.5 Å². The summed E-state index contributed by atoms with van der Waals surface area (Å²) in [6, 6.07) is 13.0. The van der Waals surface area contributed by atoms with E-state index in [2.05, 4.69) is 60.3 Å². The third-order valence-corrected chi connectivity index (χ3v) is 3.56. The van der Waals surface area contributed by atoms with Crippen molar-refractivity contribution in [3.8, 4) is 0 Å². The van der Waals surface area contributed by atoms with Crippen molar-refractivity contribution in [2.75, 3.05) is 7.05 Å². The molecular formula is C18H24N2. The molecule has 106 valence electrons. The number of aryl methyl sites for hydroxylation is 1. The molecule has 0 aliphatic carbocycles. The lowest BCUT2D eigenvalue weighted by Gasteiger charge is -2.19. The van der Waals surface area contributed by atoms with Crippen LogP contribution in [0.2, 0.25) is 0 Å². The zero-order valence-electron chi connectivity index (χ0n) is 12.5. The number of hydrogen-bond donors (Lipinski definition) is 0. The van der Waals surface area contributed by atoms with Crippen LogP contribution in [0.1, 0.15) is 36.5 Å². The van der Waals surface area contributed by atoms with Crippen molar-refractivity contribution in [3.63, 3.8) is 0 Å². The lowest BCUT2D eigenvalue weighted by Crippen LogP contribution is -2.18. The highest BCUT2D eigenvalue weighted by Gasteiger charge is 2.05. The quantitative estimate of drug-likeness (QED) is 0.753. The molecule has 0 aliphatic rings. The minimum absolute atomic E-state index is 0.963. The van der Waals surface area contributed by atoms with Gasteiger partial charge in [0, 0.05) is 25.5 Å². The average molecular weight is 268 g/mol. The smallest absolute Gasteiger partial charge is 0.0271 e. The minimum Gasteiger partial charge on any atom is -0.298 e. The second kappa shape index (κ2) is 7.81. The second-order valence-electron chi connectivity index (χ2n) is 5.40. The van der Waals surface area contributed by atoms with Gasteiger partial charge in [-0.3, -0.25) is 9.88 Å². The first kappa shape index (κ1) is 14.7. The van der Waals surface area contributed by atoms with E-state index < -0.39 is 0 Å². The predicted octanol–water partition coefficient (Wildman–Crippen LogP) is 4.06. The highest BCUT2D eigenvalue weighted by Crippen LogP contribution is 2.15. The second-order valence-corrected chi connectivity index (χ2v) is 5.40. The van der Waals surface area contributed by atoms with Gasteiger partial charge in [-0.25, -0.2) is 0 Å². The van der Waals surface area contributed by atoms with Gasteiger partial charge in [0.05, 0.1) is 0 Å². The molecule has 1 aromatic carbocycles. The molecule has 2 rings (SSSR count). The van der Waals surface area contributed by atoms with E-state index in [0.29, 0.717) is 0 Å². The van der Waals surface area contributed by atoms with Gasteiger partial charge in [-0.05, 0) is 48.7 Å². The lowest BCUT2D eigenvalue weighted by atomic mass is 10.0. The van der Waals surface area contributed by atoms with Crippen molar-refractivity contribution >= 4 is 0 Å². The van der Waals surface area contributed by atoms with Crippen molar-refractivity contribution in [2.45, 2.75) is 39.3 Å². The lowest BCUT2D eigenvalue weighted by molar-refractivity contribution is 0.318. The molecule has 0 bridgehead atoms. The van der Waals surface area contributed by atoms with Gasteiger partial charge in [0.1, 0.15) is 0 Å². The Morgan fingerprint density at radius 2 is 1.65 bits per heavy atom. The average Bonchev–Trinajstić information content (AvgIpc) is 2.47. The zero-order chi connectivity index (χ0) is 14.2. The van der Waals surface area contributed by atoms with E-state index in [0.717, 1.165) is 13.1 Å². The standard InChI is InChI=1S/C18H24N2/c1-3-4-7-17-8-5-6-9-18(17)15-20(2)14-16-10-12-19-13-11-16/h5-6,8-13H,3-4,7,14-15H2,1-2H3. The fourth-order valence-electron chi connectivity index (χ4n) is 2.47. The molecule has 0 spiro atoms. The normalized spacial score (nSPS) is 10.9. The summed E-state index contributed by atoms with van der Waals surface area (Å²) in [6.45, 7) is 4.21. The van der Waals surface area contributed by atoms with Crippen LogP contribution in [0.25, 0.3) is 0 Å². The minimum atomic E-state index is 0.963. The molecule has 0 N–H and O–H groups in total. The molecule has 0 atom stereocenters. The summed E-state index contributed by atoms with van der Waals surface area (Å²) < 4.78 is 0. The first-order valence-corrected chi connectivity index (χ1v) is 7.44. The maximum absolute atomic E-state index is 4.07. The van der Waals surface area contributed by atoms with Crippen LogP contribution >= 0.6 is 0 Å². The van der Waals surface area contributed by atoms with E-state index in [1.807, 2.05) is 12.4 Å². The molecule has 1 heterocycles. The van der Waals surface area contributed by atoms with Crippen molar-refractivity contribution < 1.29 is 0 Å². The maximum Gasteiger partial charge on any atom is 0.0271 e. The molecule has 2 heteroatoms. The number of benzene rings is 1. The summed E-state index contributed by atoms with van der Waals surface area (Å²) in [6.07, 6.45) is 7.43.